The van der Waals surface area contributed by atoms with Gasteiger partial charge in [-0.25, -0.2) is 0 Å². The summed E-state index contributed by atoms with van der Waals surface area (Å²) in [5.41, 5.74) is 5.31. The summed E-state index contributed by atoms with van der Waals surface area (Å²) in [5.74, 6) is 0.805. The minimum Gasteiger partial charge on any atom is -0.467 e. The SMILES string of the molecule is CN(Cc1ccco1)C(=O)CC(C)(C)N. The molecule has 0 saturated carbocycles. The van der Waals surface area contributed by atoms with Gasteiger partial charge in [0.2, 0.25) is 5.91 Å². The molecule has 1 amide bonds. The molecule has 0 bridgehead atoms. The van der Waals surface area contributed by atoms with E-state index >= 15 is 0 Å². The Kier molecular flexibility index (Phi) is 3.52. The first-order valence-corrected chi connectivity index (χ1v) is 4.94. The monoisotopic (exact) mass is 210 g/mol. The van der Waals surface area contributed by atoms with Crippen molar-refractivity contribution in [2.24, 2.45) is 5.73 Å². The van der Waals surface area contributed by atoms with E-state index in [1.165, 1.54) is 0 Å². The summed E-state index contributed by atoms with van der Waals surface area (Å²) >= 11 is 0. The molecular weight excluding hydrogens is 192 g/mol. The van der Waals surface area contributed by atoms with Crippen LogP contribution in [0.4, 0.5) is 0 Å². The second kappa shape index (κ2) is 4.49. The Balaban J connectivity index is 2.47. The molecule has 0 aliphatic carbocycles. The average Bonchev–Trinajstić information content (AvgIpc) is 2.53. The normalized spacial score (nSPS) is 11.5. The van der Waals surface area contributed by atoms with Gasteiger partial charge in [0.1, 0.15) is 5.76 Å². The van der Waals surface area contributed by atoms with E-state index in [0.29, 0.717) is 13.0 Å². The van der Waals surface area contributed by atoms with Crippen LogP contribution in [0.5, 0.6) is 0 Å². The zero-order valence-electron chi connectivity index (χ0n) is 9.49. The lowest BCUT2D eigenvalue weighted by Gasteiger charge is -2.22. The van der Waals surface area contributed by atoms with E-state index in [-0.39, 0.29) is 5.91 Å². The number of nitrogens with two attached hydrogens (primary N) is 1. The number of rotatable bonds is 4. The Morgan fingerprint density at radius 2 is 2.27 bits per heavy atom. The Bertz CT molecular complexity index is 312. The van der Waals surface area contributed by atoms with Gasteiger partial charge in [-0.2, -0.15) is 0 Å². The van der Waals surface area contributed by atoms with E-state index in [1.807, 2.05) is 19.9 Å². The van der Waals surface area contributed by atoms with Crippen molar-refractivity contribution in [2.75, 3.05) is 7.05 Å². The van der Waals surface area contributed by atoms with Crippen LogP contribution in [0.25, 0.3) is 0 Å². The number of hydrogen-bond donors (Lipinski definition) is 1. The summed E-state index contributed by atoms with van der Waals surface area (Å²) in [6.07, 6.45) is 1.94. The fourth-order valence-corrected chi connectivity index (χ4v) is 1.25. The molecule has 0 spiro atoms. The third kappa shape index (κ3) is 4.16. The molecule has 0 aliphatic heterocycles. The van der Waals surface area contributed by atoms with Crippen molar-refractivity contribution in [3.8, 4) is 0 Å². The zero-order chi connectivity index (χ0) is 11.5. The van der Waals surface area contributed by atoms with E-state index in [9.17, 15) is 4.79 Å². The van der Waals surface area contributed by atoms with Gasteiger partial charge in [0.25, 0.3) is 0 Å². The molecule has 1 rings (SSSR count). The molecular formula is C11H18N2O2. The zero-order valence-corrected chi connectivity index (χ0v) is 9.49. The third-order valence-electron chi connectivity index (χ3n) is 2.01. The maximum Gasteiger partial charge on any atom is 0.224 e. The number of amides is 1. The molecule has 0 unspecified atom stereocenters. The summed E-state index contributed by atoms with van der Waals surface area (Å²) in [7, 11) is 1.75. The molecule has 0 atom stereocenters. The third-order valence-corrected chi connectivity index (χ3v) is 2.01. The van der Waals surface area contributed by atoms with Crippen LogP contribution in [-0.4, -0.2) is 23.4 Å². The molecule has 1 aromatic heterocycles. The van der Waals surface area contributed by atoms with Gasteiger partial charge in [-0.05, 0) is 26.0 Å². The highest BCUT2D eigenvalue weighted by molar-refractivity contribution is 5.76. The van der Waals surface area contributed by atoms with Crippen molar-refractivity contribution in [2.45, 2.75) is 32.4 Å². The molecule has 0 aromatic carbocycles. The van der Waals surface area contributed by atoms with Crippen molar-refractivity contribution in [1.29, 1.82) is 0 Å². The molecule has 0 radical (unpaired) electrons. The van der Waals surface area contributed by atoms with Crippen LogP contribution < -0.4 is 5.73 Å². The van der Waals surface area contributed by atoms with E-state index in [4.69, 9.17) is 10.2 Å². The minimum absolute atomic E-state index is 0.0268. The van der Waals surface area contributed by atoms with Crippen molar-refractivity contribution < 1.29 is 9.21 Å². The lowest BCUT2D eigenvalue weighted by Crippen LogP contribution is -2.39. The van der Waals surface area contributed by atoms with E-state index in [1.54, 1.807) is 24.3 Å². The maximum absolute atomic E-state index is 11.7. The fraction of sp³-hybridized carbons (Fsp3) is 0.545. The smallest absolute Gasteiger partial charge is 0.224 e. The average molecular weight is 210 g/mol. The second-order valence-corrected chi connectivity index (χ2v) is 4.49. The van der Waals surface area contributed by atoms with E-state index in [2.05, 4.69) is 0 Å². The first-order chi connectivity index (χ1) is 6.88. The quantitative estimate of drug-likeness (QED) is 0.816. The molecule has 15 heavy (non-hydrogen) atoms. The van der Waals surface area contributed by atoms with Crippen LogP contribution in [0, 0.1) is 0 Å². The van der Waals surface area contributed by atoms with Crippen LogP contribution in [-0.2, 0) is 11.3 Å². The molecule has 0 saturated heterocycles. The van der Waals surface area contributed by atoms with E-state index in [0.717, 1.165) is 5.76 Å². The van der Waals surface area contributed by atoms with Crippen molar-refractivity contribution in [1.82, 2.24) is 4.90 Å². The molecule has 84 valence electrons. The topological polar surface area (TPSA) is 59.5 Å². The van der Waals surface area contributed by atoms with Crippen molar-refractivity contribution in [3.63, 3.8) is 0 Å². The molecule has 2 N–H and O–H groups in total. The Labute approximate surface area is 90.0 Å². The molecule has 4 nitrogen and oxygen atoms in total. The summed E-state index contributed by atoms with van der Waals surface area (Å²) in [6, 6.07) is 3.65. The highest BCUT2D eigenvalue weighted by Crippen LogP contribution is 2.09. The highest BCUT2D eigenvalue weighted by Gasteiger charge is 2.19. The number of carbonyl (C=O) groups is 1. The van der Waals surface area contributed by atoms with Crippen molar-refractivity contribution in [3.05, 3.63) is 24.2 Å². The fourth-order valence-electron chi connectivity index (χ4n) is 1.25. The predicted octanol–water partition coefficient (Wildman–Crippen LogP) is 1.37. The van der Waals surface area contributed by atoms with Crippen LogP contribution in [0.15, 0.2) is 22.8 Å². The summed E-state index contributed by atoms with van der Waals surface area (Å²) in [4.78, 5) is 13.3. The van der Waals surface area contributed by atoms with Gasteiger partial charge < -0.3 is 15.1 Å². The summed E-state index contributed by atoms with van der Waals surface area (Å²) in [6.45, 7) is 4.17. The van der Waals surface area contributed by atoms with Crippen LogP contribution >= 0.6 is 0 Å². The Morgan fingerprint density at radius 3 is 2.73 bits per heavy atom. The first-order valence-electron chi connectivity index (χ1n) is 4.94. The maximum atomic E-state index is 11.7. The van der Waals surface area contributed by atoms with E-state index < -0.39 is 5.54 Å². The molecule has 4 heteroatoms. The molecule has 0 fully saturated rings. The standard InChI is InChI=1S/C11H18N2O2/c1-11(2,12)7-10(14)13(3)8-9-5-4-6-15-9/h4-6H,7-8,12H2,1-3H3. The molecule has 0 aliphatic rings. The van der Waals surface area contributed by atoms with Gasteiger partial charge in [-0.1, -0.05) is 0 Å². The van der Waals surface area contributed by atoms with Gasteiger partial charge in [-0.3, -0.25) is 4.79 Å². The minimum atomic E-state index is -0.464. The predicted molar refractivity (Wildman–Crippen MR) is 58.1 cm³/mol. The molecule has 1 heterocycles. The second-order valence-electron chi connectivity index (χ2n) is 4.49. The number of nitrogens with zero attached hydrogens (tertiary/aromatic N) is 1. The van der Waals surface area contributed by atoms with Gasteiger partial charge in [0, 0.05) is 19.0 Å². The number of hydrogen-bond acceptors (Lipinski definition) is 3. The Hall–Kier alpha value is -1.29. The van der Waals surface area contributed by atoms with Gasteiger partial charge in [0.15, 0.2) is 0 Å². The number of furan rings is 1. The summed E-state index contributed by atoms with van der Waals surface area (Å²) in [5, 5.41) is 0. The highest BCUT2D eigenvalue weighted by atomic mass is 16.3. The Morgan fingerprint density at radius 1 is 1.60 bits per heavy atom. The van der Waals surface area contributed by atoms with Crippen molar-refractivity contribution >= 4 is 5.91 Å². The van der Waals surface area contributed by atoms with Crippen LogP contribution in [0.2, 0.25) is 0 Å². The van der Waals surface area contributed by atoms with Gasteiger partial charge in [-0.15, -0.1) is 0 Å². The van der Waals surface area contributed by atoms with Gasteiger partial charge in [0.05, 0.1) is 12.8 Å². The first kappa shape index (κ1) is 11.8. The largest absolute Gasteiger partial charge is 0.467 e. The van der Waals surface area contributed by atoms with Gasteiger partial charge >= 0.3 is 0 Å². The summed E-state index contributed by atoms with van der Waals surface area (Å²) < 4.78 is 5.16. The lowest BCUT2D eigenvalue weighted by atomic mass is 10.0. The van der Waals surface area contributed by atoms with Crippen LogP contribution in [0.1, 0.15) is 26.0 Å². The lowest BCUT2D eigenvalue weighted by molar-refractivity contribution is -0.131. The number of carbonyl (C=O) groups excluding carboxylic acids is 1. The van der Waals surface area contributed by atoms with Crippen LogP contribution in [0.3, 0.4) is 0 Å². The molecule has 1 aromatic rings.